The third-order valence-electron chi connectivity index (χ3n) is 9.35. The van der Waals surface area contributed by atoms with Crippen molar-refractivity contribution in [2.75, 3.05) is 43.4 Å². The zero-order chi connectivity index (χ0) is 32.5. The third kappa shape index (κ3) is 6.88. The number of piperidine rings is 2. The zero-order valence-electron chi connectivity index (χ0n) is 25.3. The number of rotatable bonds is 7. The van der Waals surface area contributed by atoms with Gasteiger partial charge in [0, 0.05) is 49.9 Å². The van der Waals surface area contributed by atoms with Gasteiger partial charge >= 0.3 is 12.1 Å². The van der Waals surface area contributed by atoms with Crippen molar-refractivity contribution in [3.8, 4) is 17.0 Å². The molecule has 0 saturated carbocycles. The first-order valence-electron chi connectivity index (χ1n) is 15.6. The Labute approximate surface area is 264 Å². The van der Waals surface area contributed by atoms with Gasteiger partial charge in [0.25, 0.3) is 5.91 Å². The van der Waals surface area contributed by atoms with E-state index in [2.05, 4.69) is 15.3 Å². The van der Waals surface area contributed by atoms with Crippen LogP contribution in [-0.2, 0) is 4.79 Å². The van der Waals surface area contributed by atoms with Crippen LogP contribution in [0, 0.1) is 5.41 Å². The molecule has 4 N–H and O–H groups in total. The molecule has 3 saturated heterocycles. The van der Waals surface area contributed by atoms with Crippen molar-refractivity contribution in [1.82, 2.24) is 20.2 Å². The van der Waals surface area contributed by atoms with E-state index in [1.54, 1.807) is 30.3 Å². The van der Waals surface area contributed by atoms with Crippen LogP contribution in [0.4, 0.5) is 24.9 Å². The topological polar surface area (TPSA) is 134 Å². The summed E-state index contributed by atoms with van der Waals surface area (Å²) >= 11 is 0. The number of benzene rings is 2. The van der Waals surface area contributed by atoms with Gasteiger partial charge < -0.3 is 30.7 Å². The number of anilines is 2. The van der Waals surface area contributed by atoms with E-state index in [1.165, 1.54) is 18.2 Å². The van der Waals surface area contributed by atoms with Crippen molar-refractivity contribution in [2.24, 2.45) is 5.41 Å². The summed E-state index contributed by atoms with van der Waals surface area (Å²) < 4.78 is 48.5. The highest BCUT2D eigenvalue weighted by atomic mass is 19.4. The Balaban J connectivity index is 1.16. The van der Waals surface area contributed by atoms with E-state index in [0.29, 0.717) is 55.8 Å². The molecule has 2 aromatic carbocycles. The fourth-order valence-electron chi connectivity index (χ4n) is 6.74. The number of nitrogen functional groups attached to an aromatic ring is 1. The molecule has 244 valence electrons. The number of nitrogens with two attached hydrogens (primary N) is 1. The van der Waals surface area contributed by atoms with Gasteiger partial charge in [0.05, 0.1) is 0 Å². The summed E-state index contributed by atoms with van der Waals surface area (Å²) in [4.78, 5) is 36.3. The lowest BCUT2D eigenvalue weighted by Crippen LogP contribution is -2.41. The fourth-order valence-corrected chi connectivity index (χ4v) is 6.74. The van der Waals surface area contributed by atoms with Gasteiger partial charge in [-0.25, -0.2) is 0 Å². The molecular formula is C33H37F3N6O4. The van der Waals surface area contributed by atoms with Crippen molar-refractivity contribution in [3.05, 3.63) is 65.7 Å². The third-order valence-corrected chi connectivity index (χ3v) is 9.35. The highest BCUT2D eigenvalue weighted by molar-refractivity contribution is 5.95. The van der Waals surface area contributed by atoms with Gasteiger partial charge in [-0.2, -0.15) is 23.1 Å². The summed E-state index contributed by atoms with van der Waals surface area (Å²) in [5.74, 6) is -1.07. The number of aromatic nitrogens is 2. The van der Waals surface area contributed by atoms with E-state index in [-0.39, 0.29) is 28.7 Å². The standard InChI is InChI=1S/C33H37F3N6O4/c34-33(35,36)28(22-9-7-21(8-10-22)23-5-4-6-24(17-23)29(43)42-13-2-1-3-14-42)46-27-18-26(39-31(37)40-27)41-15-11-32(12-16-41)19-25(30(44)45)38-20-32/h4-10,17-18,25,28,38H,1-3,11-16,19-20H2,(H,44,45)(H2,37,39,40)/t25-,28?/m0/s1. The number of nitrogens with zero attached hydrogens (tertiary/aromatic N) is 4. The quantitative estimate of drug-likeness (QED) is 0.325. The first kappa shape index (κ1) is 31.6. The molecule has 1 aromatic heterocycles. The highest BCUT2D eigenvalue weighted by Crippen LogP contribution is 2.41. The second-order valence-corrected chi connectivity index (χ2v) is 12.5. The van der Waals surface area contributed by atoms with Crippen LogP contribution in [0.3, 0.4) is 0 Å². The van der Waals surface area contributed by atoms with E-state index in [1.807, 2.05) is 15.9 Å². The number of likely N-dealkylation sites (tertiary alicyclic amines) is 1. The van der Waals surface area contributed by atoms with Gasteiger partial charge in [-0.1, -0.05) is 36.4 Å². The van der Waals surface area contributed by atoms with Crippen molar-refractivity contribution in [3.63, 3.8) is 0 Å². The van der Waals surface area contributed by atoms with Crippen molar-refractivity contribution in [1.29, 1.82) is 0 Å². The highest BCUT2D eigenvalue weighted by Gasteiger charge is 2.45. The average molecular weight is 639 g/mol. The molecule has 2 atom stereocenters. The maximum atomic E-state index is 14.3. The van der Waals surface area contributed by atoms with Crippen LogP contribution in [0.15, 0.2) is 54.6 Å². The lowest BCUT2D eigenvalue weighted by molar-refractivity contribution is -0.198. The van der Waals surface area contributed by atoms with Crippen LogP contribution in [-0.4, -0.2) is 76.8 Å². The van der Waals surface area contributed by atoms with Gasteiger partial charge in [0.15, 0.2) is 0 Å². The molecule has 3 fully saturated rings. The van der Waals surface area contributed by atoms with Crippen molar-refractivity contribution >= 4 is 23.6 Å². The summed E-state index contributed by atoms with van der Waals surface area (Å²) in [5.41, 5.74) is 7.59. The van der Waals surface area contributed by atoms with E-state index >= 15 is 0 Å². The Bertz CT molecular complexity index is 1570. The summed E-state index contributed by atoms with van der Waals surface area (Å²) in [6, 6.07) is 13.8. The number of aliphatic carboxylic acids is 1. The molecule has 0 aliphatic carbocycles. The number of hydrogen-bond acceptors (Lipinski definition) is 8. The van der Waals surface area contributed by atoms with E-state index in [0.717, 1.165) is 37.9 Å². The second-order valence-electron chi connectivity index (χ2n) is 12.5. The average Bonchev–Trinajstić information content (AvgIpc) is 3.47. The minimum Gasteiger partial charge on any atom is -0.480 e. The number of nitrogens with one attached hydrogen (secondary N) is 1. The normalized spacial score (nSPS) is 20.5. The Morgan fingerprint density at radius 1 is 0.978 bits per heavy atom. The first-order chi connectivity index (χ1) is 22.0. The van der Waals surface area contributed by atoms with Crippen LogP contribution < -0.4 is 20.7 Å². The molecule has 1 unspecified atom stereocenters. The lowest BCUT2D eigenvalue weighted by atomic mass is 9.76. The summed E-state index contributed by atoms with van der Waals surface area (Å²) in [5, 5.41) is 12.4. The molecule has 6 rings (SSSR count). The number of amides is 1. The van der Waals surface area contributed by atoms with E-state index in [4.69, 9.17) is 10.5 Å². The Hall–Kier alpha value is -4.39. The molecule has 1 spiro atoms. The molecule has 4 heterocycles. The van der Waals surface area contributed by atoms with Crippen molar-refractivity contribution < 1.29 is 32.6 Å². The Morgan fingerprint density at radius 2 is 1.70 bits per heavy atom. The number of ether oxygens (including phenoxy) is 1. The van der Waals surface area contributed by atoms with Gasteiger partial charge in [-0.05, 0) is 67.2 Å². The molecular weight excluding hydrogens is 601 g/mol. The van der Waals surface area contributed by atoms with E-state index < -0.39 is 24.3 Å². The molecule has 0 bridgehead atoms. The summed E-state index contributed by atoms with van der Waals surface area (Å²) in [6.07, 6.45) is -2.05. The molecule has 3 aliphatic rings. The molecule has 3 aromatic rings. The SMILES string of the molecule is Nc1nc(OC(c2ccc(-c3cccc(C(=O)N4CCCCC4)c3)cc2)C(F)(F)F)cc(N2CCC3(CC2)CN[C@H](C(=O)O)C3)n1. The van der Waals surface area contributed by atoms with E-state index in [9.17, 15) is 27.9 Å². The monoisotopic (exact) mass is 638 g/mol. The van der Waals surface area contributed by atoms with Crippen LogP contribution in [0.25, 0.3) is 11.1 Å². The fraction of sp³-hybridized carbons (Fsp3) is 0.455. The van der Waals surface area contributed by atoms with Crippen LogP contribution >= 0.6 is 0 Å². The maximum Gasteiger partial charge on any atom is 0.429 e. The van der Waals surface area contributed by atoms with Crippen molar-refractivity contribution in [2.45, 2.75) is 56.8 Å². The first-order valence-corrected chi connectivity index (χ1v) is 15.6. The predicted molar refractivity (Wildman–Crippen MR) is 165 cm³/mol. The summed E-state index contributed by atoms with van der Waals surface area (Å²) in [6.45, 7) is 3.13. The van der Waals surface area contributed by atoms with Gasteiger partial charge in [0.1, 0.15) is 11.9 Å². The van der Waals surface area contributed by atoms with Gasteiger partial charge in [0.2, 0.25) is 17.9 Å². The number of alkyl halides is 3. The van der Waals surface area contributed by atoms with Gasteiger partial charge in [-0.3, -0.25) is 9.59 Å². The molecule has 3 aliphatic heterocycles. The number of carboxylic acid groups (broad SMARTS) is 1. The number of carboxylic acids is 1. The summed E-state index contributed by atoms with van der Waals surface area (Å²) in [7, 11) is 0. The van der Waals surface area contributed by atoms with Crippen LogP contribution in [0.2, 0.25) is 0 Å². The molecule has 46 heavy (non-hydrogen) atoms. The second kappa shape index (κ2) is 12.8. The number of hydrogen-bond donors (Lipinski definition) is 3. The number of halogens is 3. The minimum absolute atomic E-state index is 0.0429. The molecule has 1 amide bonds. The molecule has 0 radical (unpaired) electrons. The van der Waals surface area contributed by atoms with Gasteiger partial charge in [-0.15, -0.1) is 0 Å². The Kier molecular flexibility index (Phi) is 8.78. The lowest BCUT2D eigenvalue weighted by Gasteiger charge is -2.39. The smallest absolute Gasteiger partial charge is 0.429 e. The number of carbonyl (C=O) groups excluding carboxylic acids is 1. The van der Waals surface area contributed by atoms with Crippen LogP contribution in [0.5, 0.6) is 5.88 Å². The predicted octanol–water partition coefficient (Wildman–Crippen LogP) is 5.07. The maximum absolute atomic E-state index is 14.3. The largest absolute Gasteiger partial charge is 0.480 e. The minimum atomic E-state index is -4.75. The Morgan fingerprint density at radius 3 is 2.35 bits per heavy atom. The number of carbonyl (C=O) groups is 2. The molecule has 10 nitrogen and oxygen atoms in total. The zero-order valence-corrected chi connectivity index (χ0v) is 25.3. The molecule has 13 heteroatoms. The van der Waals surface area contributed by atoms with Crippen LogP contribution in [0.1, 0.15) is 60.6 Å².